The number of benzene rings is 8. The largest absolute Gasteiger partial charge is 4.00 e. The maximum absolute atomic E-state index is 5.16. The molecule has 0 unspecified atom stereocenters. The quantitative estimate of drug-likeness (QED) is 0.0520. The third-order valence-corrected chi connectivity index (χ3v) is 12.8. The second-order valence-corrected chi connectivity index (χ2v) is 20.5. The van der Waals surface area contributed by atoms with Gasteiger partial charge >= 0.3 is 21.1 Å². The summed E-state index contributed by atoms with van der Waals surface area (Å²) in [6.07, 6.45) is 0. The molecule has 0 spiro atoms. The summed E-state index contributed by atoms with van der Waals surface area (Å²) in [4.78, 5) is 8.15. The van der Waals surface area contributed by atoms with Crippen LogP contribution in [0.25, 0.3) is 0 Å². The van der Waals surface area contributed by atoms with Gasteiger partial charge in [-0.3, -0.25) is 0 Å². The van der Waals surface area contributed by atoms with Gasteiger partial charge in [0.25, 0.3) is 0 Å². The van der Waals surface area contributed by atoms with Crippen molar-refractivity contribution >= 4 is 117 Å². The molecule has 8 aromatic carbocycles. The van der Waals surface area contributed by atoms with Crippen LogP contribution in [-0.2, 0) is 124 Å². The van der Waals surface area contributed by atoms with Gasteiger partial charge in [-0.15, -0.1) is 0 Å². The molecule has 0 radical (unpaired) electrons. The van der Waals surface area contributed by atoms with Gasteiger partial charge in [-0.05, 0) is 44.5 Å². The van der Waals surface area contributed by atoms with Crippen molar-refractivity contribution in [2.75, 3.05) is 0 Å². The van der Waals surface area contributed by atoms with Gasteiger partial charge in [0.15, 0.2) is 0 Å². The Hall–Kier alpha value is -5.11. The van der Waals surface area contributed by atoms with Crippen LogP contribution in [0.15, 0.2) is 243 Å². The first-order valence-corrected chi connectivity index (χ1v) is 26.4. The molecule has 8 aromatic rings. The van der Waals surface area contributed by atoms with Gasteiger partial charge in [-0.25, -0.2) is 0 Å². The number of thiocarbonyl (C=S) groups is 4. The monoisotopic (exact) mass is 1190 g/mol. The topological polar surface area (TPSA) is 13.0 Å². The fourth-order valence-corrected chi connectivity index (χ4v) is 8.20. The van der Waals surface area contributed by atoms with E-state index in [0.717, 1.165) is 52.4 Å². The molecular formula is C60H56MoN4S8. The van der Waals surface area contributed by atoms with Crippen molar-refractivity contribution in [2.24, 2.45) is 0 Å². The van der Waals surface area contributed by atoms with E-state index in [0.29, 0.717) is 17.3 Å². The van der Waals surface area contributed by atoms with Crippen LogP contribution in [0.5, 0.6) is 0 Å². The molecule has 8 rings (SSSR count). The number of nitrogens with zero attached hydrogens (tertiary/aromatic N) is 4. The van der Waals surface area contributed by atoms with E-state index in [1.165, 1.54) is 44.5 Å². The number of rotatable bonds is 16. The van der Waals surface area contributed by atoms with Gasteiger partial charge < -0.3 is 119 Å². The SMILES string of the molecule is S=C([S-])N(Cc1ccccc1)Cc1ccccc1.S=C([S-])N(Cc1ccccc1)Cc1ccccc1.S=C([S-])N(Cc1ccccc1)Cc1ccccc1.S=C([S-])N(Cc1ccccc1)Cc1ccccc1.[Mo+4]. The van der Waals surface area contributed by atoms with Crippen LogP contribution < -0.4 is 0 Å². The van der Waals surface area contributed by atoms with Crippen LogP contribution >= 0.6 is 48.9 Å². The molecule has 0 aliphatic heterocycles. The van der Waals surface area contributed by atoms with Crippen molar-refractivity contribution in [3.05, 3.63) is 287 Å². The van der Waals surface area contributed by atoms with Gasteiger partial charge in [-0.2, -0.15) is 0 Å². The molecule has 13 heteroatoms. The van der Waals surface area contributed by atoms with Crippen LogP contribution in [0.1, 0.15) is 44.5 Å². The Morgan fingerprint density at radius 1 is 0.219 bits per heavy atom. The molecule has 0 amide bonds. The van der Waals surface area contributed by atoms with Gasteiger partial charge in [-0.1, -0.05) is 260 Å². The van der Waals surface area contributed by atoms with E-state index in [9.17, 15) is 0 Å². The van der Waals surface area contributed by atoms with Crippen LogP contribution in [0.3, 0.4) is 0 Å². The summed E-state index contributed by atoms with van der Waals surface area (Å²) in [5.74, 6) is 0. The van der Waals surface area contributed by atoms with E-state index >= 15 is 0 Å². The summed E-state index contributed by atoms with van der Waals surface area (Å²) in [6.45, 7) is 6.10. The van der Waals surface area contributed by atoms with Gasteiger partial charge in [0, 0.05) is 52.4 Å². The minimum absolute atomic E-state index is 0. The Labute approximate surface area is 492 Å². The fourth-order valence-electron chi connectivity index (χ4n) is 7.17. The van der Waals surface area contributed by atoms with Gasteiger partial charge in [0.2, 0.25) is 0 Å². The minimum Gasteiger partial charge on any atom is -0.411 e. The number of hydrogen-bond donors (Lipinski definition) is 0. The van der Waals surface area contributed by atoms with Gasteiger partial charge in [0.05, 0.1) is 0 Å². The predicted octanol–water partition coefficient (Wildman–Crippen LogP) is 14.1. The van der Waals surface area contributed by atoms with Crippen molar-refractivity contribution in [3.8, 4) is 0 Å². The van der Waals surface area contributed by atoms with Crippen LogP contribution in [-0.4, -0.2) is 36.9 Å². The van der Waals surface area contributed by atoms with E-state index in [1.54, 1.807) is 0 Å². The molecule has 0 atom stereocenters. The second kappa shape index (κ2) is 35.2. The van der Waals surface area contributed by atoms with E-state index in [4.69, 9.17) is 99.4 Å². The molecule has 73 heavy (non-hydrogen) atoms. The molecule has 0 heterocycles. The van der Waals surface area contributed by atoms with Crippen LogP contribution in [0.2, 0.25) is 0 Å². The third-order valence-electron chi connectivity index (χ3n) is 10.8. The Morgan fingerprint density at radius 3 is 0.397 bits per heavy atom. The maximum atomic E-state index is 5.16. The molecular weight excluding hydrogens is 1130 g/mol. The molecule has 0 saturated heterocycles. The first-order chi connectivity index (χ1) is 35.0. The average Bonchev–Trinajstić information content (AvgIpc) is 3.41. The van der Waals surface area contributed by atoms with Crippen molar-refractivity contribution in [1.82, 2.24) is 19.6 Å². The molecule has 0 aliphatic rings. The van der Waals surface area contributed by atoms with Crippen molar-refractivity contribution in [3.63, 3.8) is 0 Å². The maximum Gasteiger partial charge on any atom is 4.00 e. The molecule has 370 valence electrons. The number of hydrogen-bond acceptors (Lipinski definition) is 8. The normalized spacial score (nSPS) is 9.86. The smallest absolute Gasteiger partial charge is 0.411 e. The van der Waals surface area contributed by atoms with E-state index in [-0.39, 0.29) is 21.1 Å². The Kier molecular flexibility index (Phi) is 29.1. The van der Waals surface area contributed by atoms with Crippen molar-refractivity contribution < 1.29 is 21.1 Å². The second-order valence-electron chi connectivity index (χ2n) is 16.4. The molecule has 0 fully saturated rings. The van der Waals surface area contributed by atoms with Crippen LogP contribution in [0, 0.1) is 0 Å². The fraction of sp³-hybridized carbons (Fsp3) is 0.133. The Morgan fingerprint density at radius 2 is 0.315 bits per heavy atom. The summed E-state index contributed by atoms with van der Waals surface area (Å²) < 4.78 is 2.07. The van der Waals surface area contributed by atoms with E-state index < -0.39 is 0 Å². The summed E-state index contributed by atoms with van der Waals surface area (Å²) in [5, 5.41) is 0. The minimum atomic E-state index is 0. The first-order valence-electron chi connectivity index (χ1n) is 23.2. The summed E-state index contributed by atoms with van der Waals surface area (Å²) >= 11 is 41.2. The van der Waals surface area contributed by atoms with E-state index in [2.05, 4.69) is 97.1 Å². The average molecular weight is 1190 g/mol. The third kappa shape index (κ3) is 24.7. The zero-order valence-corrected chi connectivity index (χ0v) is 48.8. The van der Waals surface area contributed by atoms with E-state index in [1.807, 2.05) is 165 Å². The molecule has 4 nitrogen and oxygen atoms in total. The molecule has 0 aliphatic carbocycles. The Bertz CT molecular complexity index is 2220. The standard InChI is InChI=1S/4C15H15NS2.Mo/c4*17-15(18)16(11-13-7-3-1-4-8-13)12-14-9-5-2-6-10-14;/h4*1-10H,11-12H2,(H,17,18);/q;;;;+4/p-4. The summed E-state index contributed by atoms with van der Waals surface area (Å²) in [7, 11) is 0. The zero-order valence-electron chi connectivity index (χ0n) is 40.2. The van der Waals surface area contributed by atoms with Gasteiger partial charge in [0.1, 0.15) is 0 Å². The molecule has 0 N–H and O–H groups in total. The molecule has 0 bridgehead atoms. The Balaban J connectivity index is 0.000000210. The van der Waals surface area contributed by atoms with Crippen LogP contribution in [0.4, 0.5) is 0 Å². The summed E-state index contributed by atoms with van der Waals surface area (Å²) in [6, 6.07) is 82.0. The predicted molar refractivity (Wildman–Crippen MR) is 328 cm³/mol. The first kappa shape index (κ1) is 60.4. The van der Waals surface area contributed by atoms with Crippen molar-refractivity contribution in [1.29, 1.82) is 0 Å². The molecule has 0 aromatic heterocycles. The summed E-state index contributed by atoms with van der Waals surface area (Å²) in [5.41, 5.74) is 9.78. The van der Waals surface area contributed by atoms with Crippen molar-refractivity contribution in [2.45, 2.75) is 52.4 Å². The molecule has 0 saturated carbocycles. The zero-order chi connectivity index (χ0) is 51.2.